The van der Waals surface area contributed by atoms with Crippen molar-refractivity contribution in [3.05, 3.63) is 59.4 Å². The van der Waals surface area contributed by atoms with Gasteiger partial charge in [-0.1, -0.05) is 12.1 Å². The maximum Gasteiger partial charge on any atom is 0.326 e. The Morgan fingerprint density at radius 2 is 1.88 bits per heavy atom. The van der Waals surface area contributed by atoms with Crippen molar-refractivity contribution in [2.45, 2.75) is 25.4 Å². The lowest BCUT2D eigenvalue weighted by atomic mass is 10.2. The van der Waals surface area contributed by atoms with E-state index in [0.29, 0.717) is 17.0 Å². The fourth-order valence-corrected chi connectivity index (χ4v) is 2.31. The molecule has 8 heteroatoms. The number of hydrogen-bond donors (Lipinski definition) is 2. The maximum absolute atomic E-state index is 13.5. The molecule has 1 fully saturated rings. The van der Waals surface area contributed by atoms with Gasteiger partial charge in [0.25, 0.3) is 11.8 Å². The van der Waals surface area contributed by atoms with Crippen LogP contribution in [-0.2, 0) is 0 Å². The van der Waals surface area contributed by atoms with Crippen molar-refractivity contribution in [1.82, 2.24) is 5.32 Å². The van der Waals surface area contributed by atoms with Crippen LogP contribution in [0.5, 0.6) is 5.75 Å². The highest BCUT2D eigenvalue weighted by molar-refractivity contribution is 6.08. The lowest BCUT2D eigenvalue weighted by Gasteiger charge is -2.11. The van der Waals surface area contributed by atoms with E-state index in [4.69, 9.17) is 4.74 Å². The summed E-state index contributed by atoms with van der Waals surface area (Å²) in [6.45, 7) is 1.64. The molecular weight excluding hydrogens is 349 g/mol. The normalized spacial score (nSPS) is 17.3. The van der Waals surface area contributed by atoms with Gasteiger partial charge in [0.2, 0.25) is 0 Å². The number of benzene rings is 2. The second kappa shape index (κ2) is 6.70. The van der Waals surface area contributed by atoms with Crippen molar-refractivity contribution in [3.8, 4) is 5.75 Å². The van der Waals surface area contributed by atoms with Crippen LogP contribution in [0.15, 0.2) is 42.5 Å². The third-order valence-corrected chi connectivity index (χ3v) is 3.82. The lowest BCUT2D eigenvalue weighted by Crippen LogP contribution is -2.34. The molecule has 1 unspecified atom stereocenters. The molecule has 3 amide bonds. The first-order valence-electron chi connectivity index (χ1n) is 7.78. The fraction of sp³-hybridized carbons (Fsp3) is 0.222. The van der Waals surface area contributed by atoms with Gasteiger partial charge in [0, 0.05) is 5.69 Å². The van der Waals surface area contributed by atoms with E-state index < -0.39 is 29.8 Å². The van der Waals surface area contributed by atoms with Gasteiger partial charge in [-0.2, -0.15) is 0 Å². The van der Waals surface area contributed by atoms with Gasteiger partial charge < -0.3 is 10.1 Å². The highest BCUT2D eigenvalue weighted by Gasteiger charge is 2.59. The number of carbonyl (C=O) groups excluding carboxylic acids is 2. The zero-order valence-electron chi connectivity index (χ0n) is 13.7. The third-order valence-electron chi connectivity index (χ3n) is 3.82. The summed E-state index contributed by atoms with van der Waals surface area (Å²) in [4.78, 5) is 23.8. The van der Waals surface area contributed by atoms with Crippen molar-refractivity contribution in [2.24, 2.45) is 0 Å². The molecule has 2 N–H and O–H groups in total. The van der Waals surface area contributed by atoms with E-state index in [0.717, 1.165) is 6.07 Å². The molecule has 2 aromatic carbocycles. The van der Waals surface area contributed by atoms with Crippen LogP contribution in [0.1, 0.15) is 22.3 Å². The van der Waals surface area contributed by atoms with Gasteiger partial charge >= 0.3 is 6.03 Å². The Kier molecular flexibility index (Phi) is 4.58. The monoisotopic (exact) mass is 364 g/mol. The number of aryl methyl sites for hydroxylation is 1. The summed E-state index contributed by atoms with van der Waals surface area (Å²) >= 11 is 0. The first-order valence-corrected chi connectivity index (χ1v) is 7.78. The molecule has 0 saturated heterocycles. The molecule has 1 saturated carbocycles. The fourth-order valence-electron chi connectivity index (χ4n) is 2.31. The first kappa shape index (κ1) is 17.8. The summed E-state index contributed by atoms with van der Waals surface area (Å²) in [6.07, 6.45) is -1.44. The Bertz CT molecular complexity index is 871. The smallest absolute Gasteiger partial charge is 0.326 e. The maximum atomic E-state index is 13.5. The number of ether oxygens (including phenoxy) is 1. The molecule has 0 heterocycles. The molecule has 5 nitrogen and oxygen atoms in total. The minimum Gasteiger partial charge on any atom is -0.484 e. The summed E-state index contributed by atoms with van der Waals surface area (Å²) in [5, 5.41) is 4.43. The van der Waals surface area contributed by atoms with Crippen LogP contribution >= 0.6 is 0 Å². The van der Waals surface area contributed by atoms with E-state index in [1.54, 1.807) is 6.92 Å². The third kappa shape index (κ3) is 3.96. The van der Waals surface area contributed by atoms with Crippen LogP contribution in [0.2, 0.25) is 0 Å². The van der Waals surface area contributed by atoms with Gasteiger partial charge in [-0.05, 0) is 42.8 Å². The second-order valence-electron chi connectivity index (χ2n) is 5.94. The van der Waals surface area contributed by atoms with E-state index >= 15 is 0 Å². The Hall–Kier alpha value is -3.03. The molecule has 2 aromatic rings. The molecule has 3 rings (SSSR count). The highest BCUT2D eigenvalue weighted by Crippen LogP contribution is 2.45. The van der Waals surface area contributed by atoms with Gasteiger partial charge in [-0.25, -0.2) is 18.0 Å². The highest BCUT2D eigenvalue weighted by atomic mass is 19.3. The molecule has 0 aromatic heterocycles. The summed E-state index contributed by atoms with van der Waals surface area (Å²) in [7, 11) is 0. The van der Waals surface area contributed by atoms with Crippen molar-refractivity contribution in [2.75, 3.05) is 5.32 Å². The topological polar surface area (TPSA) is 67.4 Å². The van der Waals surface area contributed by atoms with Gasteiger partial charge in [-0.15, -0.1) is 0 Å². The molecule has 1 aliphatic rings. The quantitative estimate of drug-likeness (QED) is 0.865. The largest absolute Gasteiger partial charge is 0.484 e. The van der Waals surface area contributed by atoms with Gasteiger partial charge in [0.15, 0.2) is 6.10 Å². The number of carbonyl (C=O) groups is 2. The van der Waals surface area contributed by atoms with Crippen LogP contribution in [0.3, 0.4) is 0 Å². The van der Waals surface area contributed by atoms with E-state index in [1.165, 1.54) is 36.4 Å². The molecule has 136 valence electrons. The number of hydrogen-bond acceptors (Lipinski definition) is 3. The van der Waals surface area contributed by atoms with Crippen molar-refractivity contribution in [1.29, 1.82) is 0 Å². The standard InChI is InChI=1S/C18H15F3N2O3/c1-10-8-11(6-7-14(10)26-15-9-18(15,20)21)22-17(25)23-16(24)12-4-2-3-5-13(12)19/h2-8,15H,9H2,1H3,(H2,22,23,24,25). The van der Waals surface area contributed by atoms with Gasteiger partial charge in [-0.3, -0.25) is 10.1 Å². The Morgan fingerprint density at radius 3 is 2.50 bits per heavy atom. The minimum absolute atomic E-state index is 0.257. The zero-order valence-corrected chi connectivity index (χ0v) is 13.7. The average molecular weight is 364 g/mol. The minimum atomic E-state index is -2.80. The number of rotatable bonds is 4. The summed E-state index contributed by atoms with van der Waals surface area (Å²) in [5.74, 6) is -4.13. The van der Waals surface area contributed by atoms with Crippen LogP contribution < -0.4 is 15.4 Å². The zero-order chi connectivity index (χ0) is 18.9. The van der Waals surface area contributed by atoms with Crippen molar-refractivity contribution < 1.29 is 27.5 Å². The van der Waals surface area contributed by atoms with Crippen LogP contribution in [0.25, 0.3) is 0 Å². The lowest BCUT2D eigenvalue weighted by molar-refractivity contribution is 0.0663. The predicted molar refractivity (Wildman–Crippen MR) is 88.0 cm³/mol. The van der Waals surface area contributed by atoms with Crippen LogP contribution in [-0.4, -0.2) is 24.0 Å². The molecule has 26 heavy (non-hydrogen) atoms. The number of imide groups is 1. The van der Waals surface area contributed by atoms with Crippen LogP contribution in [0.4, 0.5) is 23.7 Å². The van der Waals surface area contributed by atoms with Gasteiger partial charge in [0.05, 0.1) is 12.0 Å². The summed E-state index contributed by atoms with van der Waals surface area (Å²) < 4.78 is 44.5. The van der Waals surface area contributed by atoms with Crippen molar-refractivity contribution >= 4 is 17.6 Å². The SMILES string of the molecule is Cc1cc(NC(=O)NC(=O)c2ccccc2F)ccc1OC1CC1(F)F. The molecule has 1 atom stereocenters. The second-order valence-corrected chi connectivity index (χ2v) is 5.94. The Morgan fingerprint density at radius 1 is 1.19 bits per heavy atom. The number of anilines is 1. The molecule has 0 spiro atoms. The molecular formula is C18H15F3N2O3. The molecule has 1 aliphatic carbocycles. The molecule has 0 bridgehead atoms. The van der Waals surface area contributed by atoms with E-state index in [-0.39, 0.29) is 12.0 Å². The predicted octanol–water partition coefficient (Wildman–Crippen LogP) is 3.88. The number of halogens is 3. The summed E-state index contributed by atoms with van der Waals surface area (Å²) in [5.41, 5.74) is 0.620. The number of alkyl halides is 2. The van der Waals surface area contributed by atoms with E-state index in [9.17, 15) is 22.8 Å². The number of nitrogens with one attached hydrogen (secondary N) is 2. The van der Waals surface area contributed by atoms with E-state index in [2.05, 4.69) is 5.32 Å². The number of amides is 3. The van der Waals surface area contributed by atoms with E-state index in [1.807, 2.05) is 5.32 Å². The van der Waals surface area contributed by atoms with Gasteiger partial charge in [0.1, 0.15) is 11.6 Å². The molecule has 0 radical (unpaired) electrons. The molecule has 0 aliphatic heterocycles. The first-order chi connectivity index (χ1) is 12.3. The Labute approximate surface area is 147 Å². The number of urea groups is 1. The summed E-state index contributed by atoms with van der Waals surface area (Å²) in [6, 6.07) is 8.84. The average Bonchev–Trinajstić information content (AvgIpc) is 3.16. The van der Waals surface area contributed by atoms with Crippen molar-refractivity contribution in [3.63, 3.8) is 0 Å². The van der Waals surface area contributed by atoms with Crippen LogP contribution in [0, 0.1) is 12.7 Å². The Balaban J connectivity index is 1.60.